The van der Waals surface area contributed by atoms with Gasteiger partial charge in [0.15, 0.2) is 0 Å². The van der Waals surface area contributed by atoms with Crippen LogP contribution < -0.4 is 14.5 Å². The van der Waals surface area contributed by atoms with Gasteiger partial charge in [-0.3, -0.25) is 9.78 Å². The molecule has 154 valence electrons. The quantitative estimate of drug-likeness (QED) is 0.796. The predicted molar refractivity (Wildman–Crippen MR) is 116 cm³/mol. The van der Waals surface area contributed by atoms with Gasteiger partial charge in [-0.15, -0.1) is 0 Å². The molecule has 6 heteroatoms. The lowest BCUT2D eigenvalue weighted by atomic mass is 10.00. The Morgan fingerprint density at radius 1 is 1.00 bits per heavy atom. The Morgan fingerprint density at radius 2 is 1.76 bits per heavy atom. The third kappa shape index (κ3) is 4.47. The van der Waals surface area contributed by atoms with Crippen molar-refractivity contribution in [3.63, 3.8) is 0 Å². The van der Waals surface area contributed by atoms with Crippen molar-refractivity contribution in [2.24, 2.45) is 5.92 Å². The van der Waals surface area contributed by atoms with Crippen LogP contribution in [0.25, 0.3) is 0 Å². The number of hydrogen-bond donors (Lipinski definition) is 0. The lowest BCUT2D eigenvalue weighted by molar-refractivity contribution is 0.0746. The fourth-order valence-corrected chi connectivity index (χ4v) is 4.28. The number of hydrogen-bond acceptors (Lipinski definition) is 5. The average Bonchev–Trinajstić information content (AvgIpc) is 2.79. The standard InChI is InChI=1S/C23H30N4O2/c1-18-4-3-9-27(17-18)21-14-19(15-24-16-21)23(28)26-12-10-25(11-13-26)20-5-7-22(29-2)8-6-20/h5-8,14-16,18H,3-4,9-13,17H2,1-2H3. The zero-order valence-electron chi connectivity index (χ0n) is 17.4. The van der Waals surface area contributed by atoms with Crippen LogP contribution in [0, 0.1) is 5.92 Å². The van der Waals surface area contributed by atoms with E-state index >= 15 is 0 Å². The van der Waals surface area contributed by atoms with Crippen LogP contribution in [-0.2, 0) is 0 Å². The fraction of sp³-hybridized carbons (Fsp3) is 0.478. The Balaban J connectivity index is 1.38. The van der Waals surface area contributed by atoms with E-state index in [1.165, 1.54) is 18.5 Å². The van der Waals surface area contributed by atoms with Crippen molar-refractivity contribution >= 4 is 17.3 Å². The molecule has 1 amide bonds. The van der Waals surface area contributed by atoms with Crippen LogP contribution in [0.3, 0.4) is 0 Å². The highest BCUT2D eigenvalue weighted by Gasteiger charge is 2.24. The van der Waals surface area contributed by atoms with Crippen molar-refractivity contribution in [2.45, 2.75) is 19.8 Å². The Kier molecular flexibility index (Phi) is 5.88. The van der Waals surface area contributed by atoms with E-state index in [2.05, 4.69) is 33.8 Å². The molecular formula is C23H30N4O2. The third-order valence-electron chi connectivity index (χ3n) is 6.00. The van der Waals surface area contributed by atoms with Crippen molar-refractivity contribution in [3.8, 4) is 5.75 Å². The number of benzene rings is 1. The molecule has 1 aromatic carbocycles. The van der Waals surface area contributed by atoms with E-state index in [1.54, 1.807) is 13.3 Å². The van der Waals surface area contributed by atoms with Gasteiger partial charge >= 0.3 is 0 Å². The molecule has 0 bridgehead atoms. The van der Waals surface area contributed by atoms with Gasteiger partial charge < -0.3 is 19.4 Å². The second-order valence-corrected chi connectivity index (χ2v) is 8.10. The van der Waals surface area contributed by atoms with Gasteiger partial charge in [0.25, 0.3) is 5.91 Å². The predicted octanol–water partition coefficient (Wildman–Crippen LogP) is 3.29. The molecule has 0 aliphatic carbocycles. The number of aromatic nitrogens is 1. The Labute approximate surface area is 173 Å². The maximum atomic E-state index is 13.1. The summed E-state index contributed by atoms with van der Waals surface area (Å²) < 4.78 is 5.23. The van der Waals surface area contributed by atoms with E-state index in [9.17, 15) is 4.79 Å². The number of amides is 1. The zero-order valence-corrected chi connectivity index (χ0v) is 17.4. The lowest BCUT2D eigenvalue weighted by Gasteiger charge is -2.36. The summed E-state index contributed by atoms with van der Waals surface area (Å²) in [7, 11) is 1.68. The van der Waals surface area contributed by atoms with Gasteiger partial charge in [-0.25, -0.2) is 0 Å². The largest absolute Gasteiger partial charge is 0.497 e. The highest BCUT2D eigenvalue weighted by Crippen LogP contribution is 2.24. The molecule has 0 radical (unpaired) electrons. The summed E-state index contributed by atoms with van der Waals surface area (Å²) in [6.45, 7) is 7.47. The smallest absolute Gasteiger partial charge is 0.255 e. The summed E-state index contributed by atoms with van der Waals surface area (Å²) in [6, 6.07) is 10.1. The monoisotopic (exact) mass is 394 g/mol. The summed E-state index contributed by atoms with van der Waals surface area (Å²) in [5.74, 6) is 1.63. The normalized spacial score (nSPS) is 19.9. The molecule has 0 saturated carbocycles. The van der Waals surface area contributed by atoms with Gasteiger partial charge in [0.2, 0.25) is 0 Å². The molecule has 1 atom stereocenters. The number of rotatable bonds is 4. The second-order valence-electron chi connectivity index (χ2n) is 8.10. The van der Waals surface area contributed by atoms with Gasteiger partial charge in [0.05, 0.1) is 24.6 Å². The third-order valence-corrected chi connectivity index (χ3v) is 6.00. The van der Waals surface area contributed by atoms with E-state index in [0.29, 0.717) is 11.5 Å². The van der Waals surface area contributed by atoms with Crippen LogP contribution >= 0.6 is 0 Å². The van der Waals surface area contributed by atoms with Gasteiger partial charge in [-0.05, 0) is 49.1 Å². The van der Waals surface area contributed by atoms with Crippen LogP contribution in [0.15, 0.2) is 42.7 Å². The second kappa shape index (κ2) is 8.72. The molecule has 4 rings (SSSR count). The minimum absolute atomic E-state index is 0.0822. The van der Waals surface area contributed by atoms with Crippen LogP contribution in [0.4, 0.5) is 11.4 Å². The van der Waals surface area contributed by atoms with Crippen molar-refractivity contribution in [3.05, 3.63) is 48.3 Å². The van der Waals surface area contributed by atoms with E-state index in [1.807, 2.05) is 29.3 Å². The molecule has 2 saturated heterocycles. The maximum absolute atomic E-state index is 13.1. The fourth-order valence-electron chi connectivity index (χ4n) is 4.28. The van der Waals surface area contributed by atoms with E-state index in [-0.39, 0.29) is 5.91 Å². The molecule has 3 heterocycles. The first-order valence-electron chi connectivity index (χ1n) is 10.5. The maximum Gasteiger partial charge on any atom is 0.255 e. The highest BCUT2D eigenvalue weighted by atomic mass is 16.5. The molecule has 2 aliphatic heterocycles. The number of piperidine rings is 1. The van der Waals surface area contributed by atoms with Crippen LogP contribution in [-0.4, -0.2) is 62.2 Å². The van der Waals surface area contributed by atoms with Gasteiger partial charge in [0.1, 0.15) is 5.75 Å². The first-order valence-corrected chi connectivity index (χ1v) is 10.5. The van der Waals surface area contributed by atoms with Crippen molar-refractivity contribution in [2.75, 3.05) is 56.2 Å². The number of methoxy groups -OCH3 is 1. The lowest BCUT2D eigenvalue weighted by Crippen LogP contribution is -2.48. The van der Waals surface area contributed by atoms with Gasteiger partial charge in [-0.2, -0.15) is 0 Å². The van der Waals surface area contributed by atoms with E-state index in [4.69, 9.17) is 4.74 Å². The number of ether oxygens (including phenoxy) is 1. The number of carbonyl (C=O) groups is 1. The number of carbonyl (C=O) groups excluding carboxylic acids is 1. The Morgan fingerprint density at radius 3 is 2.45 bits per heavy atom. The molecule has 0 spiro atoms. The summed E-state index contributed by atoms with van der Waals surface area (Å²) in [5, 5.41) is 0. The van der Waals surface area contributed by atoms with E-state index in [0.717, 1.165) is 50.7 Å². The van der Waals surface area contributed by atoms with E-state index < -0.39 is 0 Å². The molecule has 1 unspecified atom stereocenters. The molecule has 2 aromatic rings. The van der Waals surface area contributed by atoms with Gasteiger partial charge in [-0.1, -0.05) is 6.92 Å². The zero-order chi connectivity index (χ0) is 20.2. The van der Waals surface area contributed by atoms with Crippen molar-refractivity contribution < 1.29 is 9.53 Å². The van der Waals surface area contributed by atoms with Crippen LogP contribution in [0.5, 0.6) is 5.75 Å². The molecular weight excluding hydrogens is 364 g/mol. The summed E-state index contributed by atoms with van der Waals surface area (Å²) in [6.07, 6.45) is 6.07. The van der Waals surface area contributed by atoms with Crippen LogP contribution in [0.2, 0.25) is 0 Å². The number of pyridine rings is 1. The van der Waals surface area contributed by atoms with Crippen LogP contribution in [0.1, 0.15) is 30.1 Å². The molecule has 1 aromatic heterocycles. The summed E-state index contributed by atoms with van der Waals surface area (Å²) in [4.78, 5) is 24.0. The Hall–Kier alpha value is -2.76. The van der Waals surface area contributed by atoms with Gasteiger partial charge in [0, 0.05) is 51.2 Å². The summed E-state index contributed by atoms with van der Waals surface area (Å²) >= 11 is 0. The highest BCUT2D eigenvalue weighted by molar-refractivity contribution is 5.95. The summed E-state index contributed by atoms with van der Waals surface area (Å²) in [5.41, 5.74) is 2.93. The average molecular weight is 395 g/mol. The van der Waals surface area contributed by atoms with Crippen molar-refractivity contribution in [1.82, 2.24) is 9.88 Å². The number of anilines is 2. The first kappa shape index (κ1) is 19.6. The number of nitrogens with zero attached hydrogens (tertiary/aromatic N) is 4. The molecule has 29 heavy (non-hydrogen) atoms. The Bertz CT molecular complexity index is 831. The molecule has 6 nitrogen and oxygen atoms in total. The minimum Gasteiger partial charge on any atom is -0.497 e. The molecule has 2 aliphatic rings. The SMILES string of the molecule is COc1ccc(N2CCN(C(=O)c3cncc(N4CCCC(C)C4)c3)CC2)cc1. The minimum atomic E-state index is 0.0822. The topological polar surface area (TPSA) is 48.9 Å². The van der Waals surface area contributed by atoms with Crippen molar-refractivity contribution in [1.29, 1.82) is 0 Å². The molecule has 2 fully saturated rings. The number of piperazine rings is 1. The first-order chi connectivity index (χ1) is 14.1. The molecule has 0 N–H and O–H groups in total.